The summed E-state index contributed by atoms with van der Waals surface area (Å²) in [5.41, 5.74) is 8.80. The average molecular weight is 552 g/mol. The number of rotatable bonds is 4. The van der Waals surface area contributed by atoms with Crippen LogP contribution in [-0.4, -0.2) is 0 Å². The molecular formula is C40H25NO2. The fraction of sp³-hybridized carbons (Fsp3) is 0. The summed E-state index contributed by atoms with van der Waals surface area (Å²) >= 11 is 0. The fourth-order valence-corrected chi connectivity index (χ4v) is 6.41. The molecule has 9 rings (SSSR count). The van der Waals surface area contributed by atoms with E-state index < -0.39 is 0 Å². The van der Waals surface area contributed by atoms with Crippen LogP contribution in [0.25, 0.3) is 65.8 Å². The molecule has 0 N–H and O–H groups in total. The van der Waals surface area contributed by atoms with Crippen molar-refractivity contribution in [2.75, 3.05) is 4.90 Å². The summed E-state index contributed by atoms with van der Waals surface area (Å²) < 4.78 is 13.3. The zero-order valence-corrected chi connectivity index (χ0v) is 23.2. The fourth-order valence-electron chi connectivity index (χ4n) is 6.41. The van der Waals surface area contributed by atoms with Crippen LogP contribution in [-0.2, 0) is 0 Å². The maximum Gasteiger partial charge on any atom is 0.159 e. The molecule has 0 aliphatic rings. The molecule has 0 bridgehead atoms. The summed E-state index contributed by atoms with van der Waals surface area (Å²) in [6, 6.07) is 53.0. The van der Waals surface area contributed by atoms with Crippen molar-refractivity contribution in [3.63, 3.8) is 0 Å². The second-order valence-corrected chi connectivity index (χ2v) is 11.0. The standard InChI is InChI=1S/C40H25NO2/c1-3-12-27(13-4-1)31-17-9-18-32-34-24-38-35(25-37(34)42-39(31)32)33-19-10-20-36(40(33)43-38)41(29-15-5-2-6-16-29)30-22-21-26-11-7-8-14-28(26)23-30/h1-25H. The van der Waals surface area contributed by atoms with Crippen LogP contribution in [0.15, 0.2) is 160 Å². The Kier molecular flexibility index (Phi) is 5.20. The van der Waals surface area contributed by atoms with Crippen molar-refractivity contribution in [2.45, 2.75) is 0 Å². The van der Waals surface area contributed by atoms with Crippen molar-refractivity contribution >= 4 is 71.7 Å². The van der Waals surface area contributed by atoms with E-state index in [0.717, 1.165) is 72.1 Å². The zero-order chi connectivity index (χ0) is 28.3. The largest absolute Gasteiger partial charge is 0.455 e. The van der Waals surface area contributed by atoms with Crippen LogP contribution in [0.4, 0.5) is 17.1 Å². The Hall–Kier alpha value is -5.80. The molecule has 0 spiro atoms. The van der Waals surface area contributed by atoms with Gasteiger partial charge in [0.2, 0.25) is 0 Å². The molecule has 0 aliphatic carbocycles. The Morgan fingerprint density at radius 1 is 0.395 bits per heavy atom. The maximum absolute atomic E-state index is 6.75. The molecule has 43 heavy (non-hydrogen) atoms. The van der Waals surface area contributed by atoms with Crippen molar-refractivity contribution in [3.05, 3.63) is 152 Å². The third-order valence-corrected chi connectivity index (χ3v) is 8.43. The molecule has 3 nitrogen and oxygen atoms in total. The molecular weight excluding hydrogens is 526 g/mol. The van der Waals surface area contributed by atoms with Crippen LogP contribution in [0.5, 0.6) is 0 Å². The Labute approximate surface area is 247 Å². The number of para-hydroxylation sites is 3. The summed E-state index contributed by atoms with van der Waals surface area (Å²) in [7, 11) is 0. The van der Waals surface area contributed by atoms with Gasteiger partial charge in [-0.05, 0) is 58.8 Å². The van der Waals surface area contributed by atoms with E-state index in [1.165, 1.54) is 10.8 Å². The van der Waals surface area contributed by atoms with Crippen molar-refractivity contribution in [1.82, 2.24) is 0 Å². The second kappa shape index (κ2) is 9.37. The van der Waals surface area contributed by atoms with Crippen molar-refractivity contribution < 1.29 is 8.83 Å². The monoisotopic (exact) mass is 551 g/mol. The van der Waals surface area contributed by atoms with Crippen molar-refractivity contribution in [1.29, 1.82) is 0 Å². The minimum absolute atomic E-state index is 0.842. The minimum atomic E-state index is 0.842. The number of hydrogen-bond acceptors (Lipinski definition) is 3. The first-order chi connectivity index (χ1) is 21.3. The predicted octanol–water partition coefficient (Wildman–Crippen LogP) is 11.8. The second-order valence-electron chi connectivity index (χ2n) is 11.0. The predicted molar refractivity (Wildman–Crippen MR) is 179 cm³/mol. The number of benzene rings is 7. The lowest BCUT2D eigenvalue weighted by atomic mass is 10.0. The van der Waals surface area contributed by atoms with E-state index in [9.17, 15) is 0 Å². The van der Waals surface area contributed by atoms with Gasteiger partial charge >= 0.3 is 0 Å². The van der Waals surface area contributed by atoms with Gasteiger partial charge in [0.15, 0.2) is 5.58 Å². The van der Waals surface area contributed by atoms with Gasteiger partial charge in [0.25, 0.3) is 0 Å². The zero-order valence-electron chi connectivity index (χ0n) is 23.2. The summed E-state index contributed by atoms with van der Waals surface area (Å²) in [4.78, 5) is 2.28. The van der Waals surface area contributed by atoms with Crippen LogP contribution in [0.2, 0.25) is 0 Å². The number of fused-ring (bicyclic) bond motifs is 7. The highest BCUT2D eigenvalue weighted by molar-refractivity contribution is 6.18. The van der Waals surface area contributed by atoms with Crippen LogP contribution in [0.1, 0.15) is 0 Å². The van der Waals surface area contributed by atoms with Crippen LogP contribution < -0.4 is 4.90 Å². The Morgan fingerprint density at radius 2 is 1.02 bits per heavy atom. The molecule has 0 saturated heterocycles. The number of furan rings is 2. The first kappa shape index (κ1) is 23.9. The molecule has 9 aromatic rings. The van der Waals surface area contributed by atoms with Crippen LogP contribution in [0, 0.1) is 0 Å². The SMILES string of the molecule is c1ccc(-c2cccc3c2oc2cc4c(cc23)oc2c(N(c3ccccc3)c3ccc5ccccc5c3)cccc24)cc1. The summed E-state index contributed by atoms with van der Waals surface area (Å²) in [6.07, 6.45) is 0. The first-order valence-electron chi connectivity index (χ1n) is 14.5. The molecule has 0 atom stereocenters. The maximum atomic E-state index is 6.75. The molecule has 0 unspecified atom stereocenters. The summed E-state index contributed by atoms with van der Waals surface area (Å²) in [5.74, 6) is 0. The van der Waals surface area contributed by atoms with Crippen molar-refractivity contribution in [2.24, 2.45) is 0 Å². The van der Waals surface area contributed by atoms with Gasteiger partial charge in [-0.1, -0.05) is 109 Å². The first-order valence-corrected chi connectivity index (χ1v) is 14.5. The van der Waals surface area contributed by atoms with Gasteiger partial charge < -0.3 is 13.7 Å². The number of nitrogens with zero attached hydrogens (tertiary/aromatic N) is 1. The Morgan fingerprint density at radius 3 is 1.79 bits per heavy atom. The molecule has 0 saturated carbocycles. The lowest BCUT2D eigenvalue weighted by Gasteiger charge is -2.25. The molecule has 0 aliphatic heterocycles. The average Bonchev–Trinajstić information content (AvgIpc) is 3.62. The highest BCUT2D eigenvalue weighted by Gasteiger charge is 2.21. The highest BCUT2D eigenvalue weighted by Crippen LogP contribution is 2.44. The van der Waals surface area contributed by atoms with Gasteiger partial charge in [-0.3, -0.25) is 0 Å². The quantitative estimate of drug-likeness (QED) is 0.218. The topological polar surface area (TPSA) is 29.5 Å². The van der Waals surface area contributed by atoms with E-state index in [0.29, 0.717) is 0 Å². The molecule has 2 aromatic heterocycles. The van der Waals surface area contributed by atoms with Crippen LogP contribution in [0.3, 0.4) is 0 Å². The van der Waals surface area contributed by atoms with E-state index in [-0.39, 0.29) is 0 Å². The van der Waals surface area contributed by atoms with Gasteiger partial charge in [0.05, 0.1) is 5.69 Å². The Balaban J connectivity index is 1.27. The Bertz CT molecular complexity index is 2450. The molecule has 3 heteroatoms. The van der Waals surface area contributed by atoms with Gasteiger partial charge in [-0.2, -0.15) is 0 Å². The van der Waals surface area contributed by atoms with Crippen molar-refractivity contribution in [3.8, 4) is 11.1 Å². The van der Waals surface area contributed by atoms with E-state index in [2.05, 4.69) is 144 Å². The lowest BCUT2D eigenvalue weighted by molar-refractivity contribution is 0.664. The summed E-state index contributed by atoms with van der Waals surface area (Å²) in [6.45, 7) is 0. The van der Waals surface area contributed by atoms with Gasteiger partial charge in [-0.15, -0.1) is 0 Å². The molecule has 0 radical (unpaired) electrons. The highest BCUT2D eigenvalue weighted by atomic mass is 16.3. The summed E-state index contributed by atoms with van der Waals surface area (Å²) in [5, 5.41) is 6.64. The molecule has 0 fully saturated rings. The minimum Gasteiger partial charge on any atom is -0.455 e. The molecule has 202 valence electrons. The van der Waals surface area contributed by atoms with Gasteiger partial charge in [-0.25, -0.2) is 0 Å². The molecule has 0 amide bonds. The van der Waals surface area contributed by atoms with E-state index in [4.69, 9.17) is 8.83 Å². The van der Waals surface area contributed by atoms with Crippen LogP contribution >= 0.6 is 0 Å². The molecule has 2 heterocycles. The van der Waals surface area contributed by atoms with E-state index in [1.54, 1.807) is 0 Å². The molecule has 7 aromatic carbocycles. The van der Waals surface area contributed by atoms with Gasteiger partial charge in [0.1, 0.15) is 16.7 Å². The normalized spacial score (nSPS) is 11.7. The third-order valence-electron chi connectivity index (χ3n) is 8.43. The number of hydrogen-bond donors (Lipinski definition) is 0. The van der Waals surface area contributed by atoms with E-state index >= 15 is 0 Å². The smallest absolute Gasteiger partial charge is 0.159 e. The lowest BCUT2D eigenvalue weighted by Crippen LogP contribution is -2.10. The van der Waals surface area contributed by atoms with E-state index in [1.807, 2.05) is 12.1 Å². The number of anilines is 3. The van der Waals surface area contributed by atoms with Gasteiger partial charge in [0, 0.05) is 38.5 Å². The third kappa shape index (κ3) is 3.75.